The zero-order valence-electron chi connectivity index (χ0n) is 12.0. The Balaban J connectivity index is 3.35. The summed E-state index contributed by atoms with van der Waals surface area (Å²) in [5.41, 5.74) is 0. The fraction of sp³-hybridized carbons (Fsp3) is 0.867. The van der Waals surface area contributed by atoms with Crippen molar-refractivity contribution in [1.82, 2.24) is 0 Å². The summed E-state index contributed by atoms with van der Waals surface area (Å²) in [6, 6.07) is 0. The molecule has 0 aromatic rings. The van der Waals surface area contributed by atoms with Gasteiger partial charge in [-0.15, -0.1) is 0 Å². The van der Waals surface area contributed by atoms with Gasteiger partial charge in [0.2, 0.25) is 0 Å². The van der Waals surface area contributed by atoms with Crippen molar-refractivity contribution in [3.63, 3.8) is 0 Å². The van der Waals surface area contributed by atoms with E-state index in [1.54, 1.807) is 0 Å². The fourth-order valence-electron chi connectivity index (χ4n) is 2.17. The Kier molecular flexibility index (Phi) is 11.3. The number of hydrogen-bond donors (Lipinski definition) is 0. The maximum absolute atomic E-state index is 10.5. The minimum Gasteiger partial charge on any atom is -0.549 e. The van der Waals surface area contributed by atoms with E-state index in [1.807, 2.05) is 0 Å². The number of hydrogen-bond acceptors (Lipinski definition) is 4. The van der Waals surface area contributed by atoms with Gasteiger partial charge in [0.15, 0.2) is 0 Å². The molecule has 0 aromatic carbocycles. The third-order valence-corrected chi connectivity index (χ3v) is 3.42. The molecule has 0 amide bonds. The van der Waals surface area contributed by atoms with Crippen molar-refractivity contribution in [1.29, 1.82) is 0 Å². The van der Waals surface area contributed by atoms with Gasteiger partial charge >= 0.3 is 0 Å². The SMILES string of the molecule is CCCCCCCCCCCCC(C(=O)[O-])C(=O)[O-]. The van der Waals surface area contributed by atoms with Crippen LogP contribution in [0.15, 0.2) is 0 Å². The molecule has 0 rings (SSSR count). The van der Waals surface area contributed by atoms with E-state index in [9.17, 15) is 19.8 Å². The van der Waals surface area contributed by atoms with Gasteiger partial charge in [-0.25, -0.2) is 0 Å². The van der Waals surface area contributed by atoms with Gasteiger partial charge in [0.05, 0.1) is 11.9 Å². The molecule has 19 heavy (non-hydrogen) atoms. The molecule has 0 saturated carbocycles. The highest BCUT2D eigenvalue weighted by Gasteiger charge is 2.10. The molecule has 4 nitrogen and oxygen atoms in total. The van der Waals surface area contributed by atoms with Crippen LogP contribution in [-0.2, 0) is 9.59 Å². The summed E-state index contributed by atoms with van der Waals surface area (Å²) >= 11 is 0. The highest BCUT2D eigenvalue weighted by Crippen LogP contribution is 2.13. The summed E-state index contributed by atoms with van der Waals surface area (Å²) < 4.78 is 0. The van der Waals surface area contributed by atoms with Gasteiger partial charge in [0.25, 0.3) is 0 Å². The molecule has 0 saturated heterocycles. The van der Waals surface area contributed by atoms with Crippen LogP contribution in [0.2, 0.25) is 0 Å². The molecule has 0 unspecified atom stereocenters. The lowest BCUT2D eigenvalue weighted by Crippen LogP contribution is -2.43. The Labute approximate surface area is 116 Å². The van der Waals surface area contributed by atoms with Crippen molar-refractivity contribution < 1.29 is 19.8 Å². The summed E-state index contributed by atoms with van der Waals surface area (Å²) in [5, 5.41) is 21.0. The van der Waals surface area contributed by atoms with Crippen LogP contribution in [0.25, 0.3) is 0 Å². The smallest absolute Gasteiger partial charge is 0.0501 e. The fourth-order valence-corrected chi connectivity index (χ4v) is 2.17. The van der Waals surface area contributed by atoms with Gasteiger partial charge in [-0.3, -0.25) is 0 Å². The highest BCUT2D eigenvalue weighted by molar-refractivity contribution is 5.90. The van der Waals surface area contributed by atoms with Crippen molar-refractivity contribution in [3.8, 4) is 0 Å². The lowest BCUT2D eigenvalue weighted by Gasteiger charge is -2.18. The molecule has 0 fully saturated rings. The molecule has 0 spiro atoms. The van der Waals surface area contributed by atoms with Crippen LogP contribution in [0.5, 0.6) is 0 Å². The maximum Gasteiger partial charge on any atom is 0.0501 e. The zero-order valence-corrected chi connectivity index (χ0v) is 12.0. The van der Waals surface area contributed by atoms with E-state index in [-0.39, 0.29) is 6.42 Å². The predicted octanol–water partition coefficient (Wildman–Crippen LogP) is 1.41. The molecule has 112 valence electrons. The Bertz CT molecular complexity index is 237. The van der Waals surface area contributed by atoms with Gasteiger partial charge in [0.1, 0.15) is 0 Å². The van der Waals surface area contributed by atoms with Gasteiger partial charge in [0, 0.05) is 5.92 Å². The van der Waals surface area contributed by atoms with E-state index < -0.39 is 17.9 Å². The van der Waals surface area contributed by atoms with Crippen LogP contribution in [0.1, 0.15) is 77.6 Å². The molecule has 0 aliphatic heterocycles. The first-order valence-corrected chi connectivity index (χ1v) is 7.51. The minimum absolute atomic E-state index is 0.126. The van der Waals surface area contributed by atoms with Crippen molar-refractivity contribution in [2.75, 3.05) is 0 Å². The molecular weight excluding hydrogens is 244 g/mol. The van der Waals surface area contributed by atoms with Gasteiger partial charge in [-0.05, 0) is 6.42 Å². The summed E-state index contributed by atoms with van der Waals surface area (Å²) in [7, 11) is 0. The Morgan fingerprint density at radius 1 is 0.737 bits per heavy atom. The van der Waals surface area contributed by atoms with Crippen molar-refractivity contribution >= 4 is 11.9 Å². The highest BCUT2D eigenvalue weighted by atomic mass is 16.4. The van der Waals surface area contributed by atoms with Crippen molar-refractivity contribution in [3.05, 3.63) is 0 Å². The van der Waals surface area contributed by atoms with E-state index >= 15 is 0 Å². The molecule has 0 aromatic heterocycles. The van der Waals surface area contributed by atoms with E-state index in [0.29, 0.717) is 6.42 Å². The third kappa shape index (κ3) is 10.5. The van der Waals surface area contributed by atoms with Crippen molar-refractivity contribution in [2.45, 2.75) is 77.6 Å². The molecule has 0 aliphatic rings. The first kappa shape index (κ1) is 17.9. The normalized spacial score (nSPS) is 10.8. The van der Waals surface area contributed by atoms with Gasteiger partial charge in [-0.1, -0.05) is 71.1 Å². The second-order valence-corrected chi connectivity index (χ2v) is 5.16. The lowest BCUT2D eigenvalue weighted by molar-refractivity contribution is -0.332. The summed E-state index contributed by atoms with van der Waals surface area (Å²) in [4.78, 5) is 21.0. The number of aliphatic carboxylic acids is 2. The molecule has 0 heterocycles. The third-order valence-electron chi connectivity index (χ3n) is 3.42. The average molecular weight is 270 g/mol. The summed E-state index contributed by atoms with van der Waals surface area (Å²) in [6.07, 6.45) is 11.5. The lowest BCUT2D eigenvalue weighted by atomic mass is 10.00. The quantitative estimate of drug-likeness (QED) is 0.374. The predicted molar refractivity (Wildman–Crippen MR) is 70.0 cm³/mol. The van der Waals surface area contributed by atoms with Crippen LogP contribution < -0.4 is 10.2 Å². The zero-order chi connectivity index (χ0) is 14.5. The largest absolute Gasteiger partial charge is 0.549 e. The molecule has 4 heteroatoms. The Morgan fingerprint density at radius 3 is 1.47 bits per heavy atom. The second kappa shape index (κ2) is 12.0. The molecular formula is C15H26O4-2. The van der Waals surface area contributed by atoms with Crippen LogP contribution in [0, 0.1) is 5.92 Å². The number of rotatable bonds is 13. The topological polar surface area (TPSA) is 80.3 Å². The first-order chi connectivity index (χ1) is 9.09. The summed E-state index contributed by atoms with van der Waals surface area (Å²) in [6.45, 7) is 2.20. The second-order valence-electron chi connectivity index (χ2n) is 5.16. The van der Waals surface area contributed by atoms with Crippen LogP contribution in [0.3, 0.4) is 0 Å². The van der Waals surface area contributed by atoms with Crippen LogP contribution >= 0.6 is 0 Å². The molecule has 0 atom stereocenters. The van der Waals surface area contributed by atoms with Crippen LogP contribution in [-0.4, -0.2) is 11.9 Å². The number of carbonyl (C=O) groups excluding carboxylic acids is 2. The first-order valence-electron chi connectivity index (χ1n) is 7.51. The van der Waals surface area contributed by atoms with E-state index in [1.165, 1.54) is 38.5 Å². The van der Waals surface area contributed by atoms with E-state index in [0.717, 1.165) is 19.3 Å². The molecule has 0 aliphatic carbocycles. The monoisotopic (exact) mass is 270 g/mol. The van der Waals surface area contributed by atoms with E-state index in [2.05, 4.69) is 6.92 Å². The number of carbonyl (C=O) groups is 2. The van der Waals surface area contributed by atoms with Crippen molar-refractivity contribution in [2.24, 2.45) is 5.92 Å². The average Bonchev–Trinajstić information content (AvgIpc) is 2.35. The number of unbranched alkanes of at least 4 members (excludes halogenated alkanes) is 9. The number of carboxylic acids is 2. The van der Waals surface area contributed by atoms with Gasteiger partial charge in [-0.2, -0.15) is 0 Å². The van der Waals surface area contributed by atoms with Crippen LogP contribution in [0.4, 0.5) is 0 Å². The minimum atomic E-state index is -1.53. The molecule has 0 bridgehead atoms. The Hall–Kier alpha value is -1.06. The Morgan fingerprint density at radius 2 is 1.11 bits per heavy atom. The van der Waals surface area contributed by atoms with Gasteiger partial charge < -0.3 is 19.8 Å². The molecule has 0 N–H and O–H groups in total. The maximum atomic E-state index is 10.5. The number of carboxylic acid groups (broad SMARTS) is 2. The standard InChI is InChI=1S/C15H28O4/c1-2-3-4-5-6-7-8-9-10-11-12-13(14(16)17)15(18)19/h13H,2-12H2,1H3,(H,16,17)(H,18,19)/p-2. The molecule has 0 radical (unpaired) electrons. The van der Waals surface area contributed by atoms with E-state index in [4.69, 9.17) is 0 Å². The summed E-state index contributed by atoms with van der Waals surface area (Å²) in [5.74, 6) is -4.51.